The van der Waals surface area contributed by atoms with E-state index >= 15 is 0 Å². The van der Waals surface area contributed by atoms with E-state index < -0.39 is 5.60 Å². The summed E-state index contributed by atoms with van der Waals surface area (Å²) < 4.78 is 5.27. The van der Waals surface area contributed by atoms with Gasteiger partial charge in [0.05, 0.1) is 12.6 Å². The second-order valence-corrected chi connectivity index (χ2v) is 6.24. The Labute approximate surface area is 144 Å². The zero-order chi connectivity index (χ0) is 15.2. The van der Waals surface area contributed by atoms with Gasteiger partial charge in [0.2, 0.25) is 0 Å². The van der Waals surface area contributed by atoms with Crippen molar-refractivity contribution in [3.8, 4) is 0 Å². The van der Waals surface area contributed by atoms with E-state index in [-0.39, 0.29) is 36.1 Å². The van der Waals surface area contributed by atoms with Crippen LogP contribution < -0.4 is 16.4 Å². The molecular formula is C14H29IN4O2. The molecule has 0 saturated heterocycles. The Bertz CT molecular complexity index is 351. The fraction of sp³-hybridized carbons (Fsp3) is 0.857. The quantitative estimate of drug-likeness (QED) is 0.355. The van der Waals surface area contributed by atoms with Gasteiger partial charge in [0.15, 0.2) is 5.96 Å². The van der Waals surface area contributed by atoms with Crippen molar-refractivity contribution in [2.24, 2.45) is 16.6 Å². The minimum atomic E-state index is -0.483. The number of carbonyl (C=O) groups excluding carboxylic acids is 1. The molecule has 1 aliphatic carbocycles. The Balaban J connectivity index is 0.00000400. The Hall–Kier alpha value is -0.730. The van der Waals surface area contributed by atoms with Crippen molar-refractivity contribution in [3.63, 3.8) is 0 Å². The summed E-state index contributed by atoms with van der Waals surface area (Å²) in [7, 11) is 0. The minimum absolute atomic E-state index is 0. The van der Waals surface area contributed by atoms with Crippen LogP contribution in [0.5, 0.6) is 0 Å². The first-order chi connectivity index (χ1) is 9.31. The molecule has 1 rings (SSSR count). The molecule has 1 saturated carbocycles. The first-order valence-electron chi connectivity index (χ1n) is 7.35. The molecule has 0 radical (unpaired) electrons. The van der Waals surface area contributed by atoms with Crippen LogP contribution in [0.2, 0.25) is 0 Å². The summed E-state index contributed by atoms with van der Waals surface area (Å²) in [6.45, 7) is 8.92. The third-order valence-corrected chi connectivity index (χ3v) is 2.91. The first-order valence-corrected chi connectivity index (χ1v) is 7.35. The number of halogens is 1. The van der Waals surface area contributed by atoms with Gasteiger partial charge >= 0.3 is 6.09 Å². The van der Waals surface area contributed by atoms with Gasteiger partial charge in [-0.1, -0.05) is 6.92 Å². The average molecular weight is 412 g/mol. The lowest BCUT2D eigenvalue weighted by molar-refractivity contribution is 0.0500. The smallest absolute Gasteiger partial charge is 0.407 e. The lowest BCUT2D eigenvalue weighted by atomic mass is 10.2. The second kappa shape index (κ2) is 9.32. The predicted molar refractivity (Wildman–Crippen MR) is 96.1 cm³/mol. The number of carbonyl (C=O) groups is 1. The molecule has 6 nitrogen and oxygen atoms in total. The van der Waals surface area contributed by atoms with E-state index in [1.54, 1.807) is 0 Å². The highest BCUT2D eigenvalue weighted by Gasteiger charge is 2.33. The van der Waals surface area contributed by atoms with Crippen LogP contribution in [-0.4, -0.2) is 36.8 Å². The minimum Gasteiger partial charge on any atom is -0.444 e. The summed E-state index contributed by atoms with van der Waals surface area (Å²) in [6.07, 6.45) is 2.86. The zero-order valence-corrected chi connectivity index (χ0v) is 15.8. The number of nitrogens with two attached hydrogens (primary N) is 1. The normalized spacial score (nSPS) is 16.7. The summed E-state index contributed by atoms with van der Waals surface area (Å²) >= 11 is 0. The fourth-order valence-electron chi connectivity index (χ4n) is 1.78. The molecule has 7 heteroatoms. The van der Waals surface area contributed by atoms with E-state index in [0.717, 1.165) is 25.8 Å². The molecule has 0 aromatic rings. The third kappa shape index (κ3) is 9.76. The highest BCUT2D eigenvalue weighted by molar-refractivity contribution is 14.0. The number of nitrogens with zero attached hydrogens (tertiary/aromatic N) is 1. The summed E-state index contributed by atoms with van der Waals surface area (Å²) in [5, 5.41) is 5.92. The van der Waals surface area contributed by atoms with Gasteiger partial charge in [-0.15, -0.1) is 24.0 Å². The predicted octanol–water partition coefficient (Wildman–Crippen LogP) is 2.22. The van der Waals surface area contributed by atoms with Crippen molar-refractivity contribution < 1.29 is 9.53 Å². The Morgan fingerprint density at radius 1 is 1.43 bits per heavy atom. The Kier molecular flexibility index (Phi) is 9.00. The number of rotatable bonds is 6. The van der Waals surface area contributed by atoms with Gasteiger partial charge < -0.3 is 21.1 Å². The van der Waals surface area contributed by atoms with Crippen LogP contribution in [0.4, 0.5) is 4.79 Å². The average Bonchev–Trinajstić information content (AvgIpc) is 3.13. The summed E-state index contributed by atoms with van der Waals surface area (Å²) in [5.74, 6) is 0.925. The van der Waals surface area contributed by atoms with Crippen LogP contribution in [0, 0.1) is 5.92 Å². The SMILES string of the molecule is CCCNC(N)=NCC(NC(=O)OC(C)(C)C)C1CC1.I. The van der Waals surface area contributed by atoms with Crippen LogP contribution in [-0.2, 0) is 4.74 Å². The first kappa shape index (κ1) is 20.3. The number of hydrogen-bond donors (Lipinski definition) is 3. The van der Waals surface area contributed by atoms with Crippen LogP contribution in [0.1, 0.15) is 47.0 Å². The number of hydrogen-bond acceptors (Lipinski definition) is 3. The molecule has 1 fully saturated rings. The van der Waals surface area contributed by atoms with Gasteiger partial charge in [0, 0.05) is 6.54 Å². The van der Waals surface area contributed by atoms with Crippen molar-refractivity contribution in [2.45, 2.75) is 58.6 Å². The third-order valence-electron chi connectivity index (χ3n) is 2.91. The van der Waals surface area contributed by atoms with Crippen molar-refractivity contribution in [1.29, 1.82) is 0 Å². The van der Waals surface area contributed by atoms with E-state index in [1.807, 2.05) is 20.8 Å². The lowest BCUT2D eigenvalue weighted by Crippen LogP contribution is -2.43. The van der Waals surface area contributed by atoms with E-state index in [4.69, 9.17) is 10.5 Å². The molecule has 1 amide bonds. The second-order valence-electron chi connectivity index (χ2n) is 6.24. The number of amides is 1. The number of guanidine groups is 1. The molecule has 4 N–H and O–H groups in total. The molecule has 0 aliphatic heterocycles. The largest absolute Gasteiger partial charge is 0.444 e. The molecule has 124 valence electrons. The van der Waals surface area contributed by atoms with Gasteiger partial charge in [-0.25, -0.2) is 4.79 Å². The standard InChI is InChI=1S/C14H28N4O2.HI/c1-5-8-16-12(15)17-9-11(10-6-7-10)18-13(19)20-14(2,3)4;/h10-11H,5-9H2,1-4H3,(H,18,19)(H3,15,16,17);1H. The van der Waals surface area contributed by atoms with Crippen LogP contribution >= 0.6 is 24.0 Å². The summed E-state index contributed by atoms with van der Waals surface area (Å²) in [4.78, 5) is 16.1. The summed E-state index contributed by atoms with van der Waals surface area (Å²) in [5.41, 5.74) is 5.27. The molecule has 21 heavy (non-hydrogen) atoms. The molecule has 0 spiro atoms. The van der Waals surface area contributed by atoms with Gasteiger partial charge in [-0.05, 0) is 46.0 Å². The molecule has 0 bridgehead atoms. The molecule has 1 atom stereocenters. The fourth-order valence-corrected chi connectivity index (χ4v) is 1.78. The topological polar surface area (TPSA) is 88.7 Å². The summed E-state index contributed by atoms with van der Waals surface area (Å²) in [6, 6.07) is 0.00632. The van der Waals surface area contributed by atoms with E-state index in [1.165, 1.54) is 0 Å². The molecule has 0 aromatic heterocycles. The molecular weight excluding hydrogens is 383 g/mol. The molecule has 1 unspecified atom stereocenters. The maximum Gasteiger partial charge on any atom is 0.407 e. The van der Waals surface area contributed by atoms with Gasteiger partial charge in [-0.2, -0.15) is 0 Å². The van der Waals surface area contributed by atoms with Crippen LogP contribution in [0.15, 0.2) is 4.99 Å². The van der Waals surface area contributed by atoms with E-state index in [9.17, 15) is 4.79 Å². The van der Waals surface area contributed by atoms with Crippen molar-refractivity contribution >= 4 is 36.0 Å². The highest BCUT2D eigenvalue weighted by Crippen LogP contribution is 2.32. The van der Waals surface area contributed by atoms with Crippen molar-refractivity contribution in [3.05, 3.63) is 0 Å². The number of ether oxygens (including phenoxy) is 1. The Morgan fingerprint density at radius 3 is 2.52 bits per heavy atom. The monoisotopic (exact) mass is 412 g/mol. The molecule has 0 aromatic carbocycles. The highest BCUT2D eigenvalue weighted by atomic mass is 127. The lowest BCUT2D eigenvalue weighted by Gasteiger charge is -2.23. The Morgan fingerprint density at radius 2 is 2.05 bits per heavy atom. The van der Waals surface area contributed by atoms with Crippen LogP contribution in [0.25, 0.3) is 0 Å². The van der Waals surface area contributed by atoms with Gasteiger partial charge in [0.25, 0.3) is 0 Å². The van der Waals surface area contributed by atoms with Crippen molar-refractivity contribution in [1.82, 2.24) is 10.6 Å². The number of alkyl carbamates (subject to hydrolysis) is 1. The van der Waals surface area contributed by atoms with Crippen LogP contribution in [0.3, 0.4) is 0 Å². The zero-order valence-electron chi connectivity index (χ0n) is 13.4. The van der Waals surface area contributed by atoms with Gasteiger partial charge in [0.1, 0.15) is 5.60 Å². The van der Waals surface area contributed by atoms with E-state index in [0.29, 0.717) is 18.4 Å². The number of nitrogens with one attached hydrogen (secondary N) is 2. The molecule has 0 heterocycles. The maximum atomic E-state index is 11.8. The maximum absolute atomic E-state index is 11.8. The number of aliphatic imine (C=N–C) groups is 1. The van der Waals surface area contributed by atoms with Gasteiger partial charge in [-0.3, -0.25) is 4.99 Å². The van der Waals surface area contributed by atoms with Crippen molar-refractivity contribution in [2.75, 3.05) is 13.1 Å². The molecule has 1 aliphatic rings. The van der Waals surface area contributed by atoms with E-state index in [2.05, 4.69) is 22.5 Å².